The summed E-state index contributed by atoms with van der Waals surface area (Å²) in [4.78, 5) is 18.4. The SMILES string of the molecule is Nc1cccc2c1CCN(C(=O)c1ccc(Br)cn1)C2. The van der Waals surface area contributed by atoms with Gasteiger partial charge in [-0.05, 0) is 51.7 Å². The fraction of sp³-hybridized carbons (Fsp3) is 0.200. The predicted molar refractivity (Wildman–Crippen MR) is 81.2 cm³/mol. The largest absolute Gasteiger partial charge is 0.398 e. The maximum atomic E-state index is 12.4. The highest BCUT2D eigenvalue weighted by molar-refractivity contribution is 9.10. The van der Waals surface area contributed by atoms with E-state index in [1.165, 1.54) is 5.56 Å². The van der Waals surface area contributed by atoms with Gasteiger partial charge in [0, 0.05) is 29.4 Å². The van der Waals surface area contributed by atoms with Crippen molar-refractivity contribution in [1.82, 2.24) is 9.88 Å². The molecule has 0 aliphatic carbocycles. The number of hydrogen-bond acceptors (Lipinski definition) is 3. The van der Waals surface area contributed by atoms with E-state index >= 15 is 0 Å². The number of fused-ring (bicyclic) bond motifs is 1. The number of halogens is 1. The van der Waals surface area contributed by atoms with Crippen molar-refractivity contribution in [2.45, 2.75) is 13.0 Å². The number of pyridine rings is 1. The lowest BCUT2D eigenvalue weighted by Crippen LogP contribution is -2.36. The molecule has 0 saturated carbocycles. The number of carbonyl (C=O) groups is 1. The molecule has 0 spiro atoms. The Kier molecular flexibility index (Phi) is 3.44. The molecule has 0 fully saturated rings. The number of aromatic nitrogens is 1. The maximum absolute atomic E-state index is 12.4. The quantitative estimate of drug-likeness (QED) is 0.817. The molecule has 2 N–H and O–H groups in total. The Morgan fingerprint density at radius 2 is 2.15 bits per heavy atom. The van der Waals surface area contributed by atoms with Crippen LogP contribution in [-0.4, -0.2) is 22.3 Å². The summed E-state index contributed by atoms with van der Waals surface area (Å²) in [5, 5.41) is 0. The Morgan fingerprint density at radius 1 is 1.30 bits per heavy atom. The Labute approximate surface area is 125 Å². The van der Waals surface area contributed by atoms with Crippen molar-refractivity contribution >= 4 is 27.5 Å². The Morgan fingerprint density at radius 3 is 2.90 bits per heavy atom. The van der Waals surface area contributed by atoms with Gasteiger partial charge in [-0.25, -0.2) is 4.98 Å². The zero-order valence-electron chi connectivity index (χ0n) is 10.8. The second kappa shape index (κ2) is 5.25. The molecule has 2 heterocycles. The molecule has 0 atom stereocenters. The summed E-state index contributed by atoms with van der Waals surface area (Å²) in [5.74, 6) is -0.0365. The van der Waals surface area contributed by atoms with Gasteiger partial charge in [0.1, 0.15) is 5.69 Å². The van der Waals surface area contributed by atoms with Crippen molar-refractivity contribution in [1.29, 1.82) is 0 Å². The van der Waals surface area contributed by atoms with E-state index in [9.17, 15) is 4.79 Å². The molecule has 1 aromatic carbocycles. The van der Waals surface area contributed by atoms with Crippen LogP contribution in [0.25, 0.3) is 0 Å². The minimum atomic E-state index is -0.0365. The van der Waals surface area contributed by atoms with Gasteiger partial charge in [-0.2, -0.15) is 0 Å². The highest BCUT2D eigenvalue weighted by Gasteiger charge is 2.23. The highest BCUT2D eigenvalue weighted by Crippen LogP contribution is 2.24. The molecule has 102 valence electrons. The van der Waals surface area contributed by atoms with E-state index in [0.29, 0.717) is 18.8 Å². The Bertz CT molecular complexity index is 655. The van der Waals surface area contributed by atoms with Crippen molar-refractivity contribution < 1.29 is 4.79 Å². The van der Waals surface area contributed by atoms with E-state index in [1.54, 1.807) is 12.3 Å². The van der Waals surface area contributed by atoms with E-state index in [1.807, 2.05) is 29.2 Å². The Hall–Kier alpha value is -1.88. The normalized spacial score (nSPS) is 13.9. The summed E-state index contributed by atoms with van der Waals surface area (Å²) in [7, 11) is 0. The maximum Gasteiger partial charge on any atom is 0.272 e. The van der Waals surface area contributed by atoms with Crippen LogP contribution in [0.2, 0.25) is 0 Å². The van der Waals surface area contributed by atoms with Crippen molar-refractivity contribution in [3.63, 3.8) is 0 Å². The lowest BCUT2D eigenvalue weighted by atomic mass is 9.98. The van der Waals surface area contributed by atoms with Crippen molar-refractivity contribution in [3.8, 4) is 0 Å². The number of nitrogen functional groups attached to an aromatic ring is 1. The zero-order chi connectivity index (χ0) is 14.1. The van der Waals surface area contributed by atoms with Gasteiger partial charge in [0.15, 0.2) is 0 Å². The summed E-state index contributed by atoms with van der Waals surface area (Å²) < 4.78 is 0.866. The fourth-order valence-electron chi connectivity index (χ4n) is 2.48. The average molecular weight is 332 g/mol. The van der Waals surface area contributed by atoms with Crippen LogP contribution in [0.1, 0.15) is 21.6 Å². The van der Waals surface area contributed by atoms with E-state index in [-0.39, 0.29) is 5.91 Å². The first-order valence-electron chi connectivity index (χ1n) is 6.42. The topological polar surface area (TPSA) is 59.2 Å². The molecule has 1 aromatic heterocycles. The molecule has 1 aliphatic rings. The third kappa shape index (κ3) is 2.41. The summed E-state index contributed by atoms with van der Waals surface area (Å²) >= 11 is 3.32. The molecular formula is C15H14BrN3O. The van der Waals surface area contributed by atoms with Gasteiger partial charge in [0.05, 0.1) is 0 Å². The molecule has 20 heavy (non-hydrogen) atoms. The molecule has 1 amide bonds. The summed E-state index contributed by atoms with van der Waals surface area (Å²) in [5.41, 5.74) is 9.55. The summed E-state index contributed by atoms with van der Waals surface area (Å²) in [6.45, 7) is 1.27. The van der Waals surface area contributed by atoms with Crippen LogP contribution in [0, 0.1) is 0 Å². The van der Waals surface area contributed by atoms with Crippen LogP contribution in [0.15, 0.2) is 41.0 Å². The molecule has 0 saturated heterocycles. The van der Waals surface area contributed by atoms with Gasteiger partial charge < -0.3 is 10.6 Å². The van der Waals surface area contributed by atoms with Crippen LogP contribution >= 0.6 is 15.9 Å². The number of benzene rings is 1. The highest BCUT2D eigenvalue weighted by atomic mass is 79.9. The number of anilines is 1. The summed E-state index contributed by atoms with van der Waals surface area (Å²) in [6, 6.07) is 9.43. The molecule has 4 nitrogen and oxygen atoms in total. The molecular weight excluding hydrogens is 318 g/mol. The number of amides is 1. The standard InChI is InChI=1S/C15H14BrN3O/c16-11-4-5-14(18-8-11)15(20)19-7-6-12-10(9-19)2-1-3-13(12)17/h1-5,8H,6-7,9,17H2. The molecule has 2 aromatic rings. The molecule has 0 bridgehead atoms. The van der Waals surface area contributed by atoms with E-state index in [2.05, 4.69) is 20.9 Å². The van der Waals surface area contributed by atoms with Crippen molar-refractivity contribution in [3.05, 3.63) is 57.8 Å². The minimum absolute atomic E-state index is 0.0365. The molecule has 0 unspecified atom stereocenters. The van der Waals surface area contributed by atoms with Crippen molar-refractivity contribution in [2.24, 2.45) is 0 Å². The lowest BCUT2D eigenvalue weighted by molar-refractivity contribution is 0.0729. The first-order chi connectivity index (χ1) is 9.65. The number of nitrogens with two attached hydrogens (primary N) is 1. The third-order valence-corrected chi connectivity index (χ3v) is 4.01. The molecule has 3 rings (SSSR count). The van der Waals surface area contributed by atoms with Crippen LogP contribution < -0.4 is 5.73 Å². The predicted octanol–water partition coefficient (Wildman–Crippen LogP) is 2.62. The van der Waals surface area contributed by atoms with Crippen molar-refractivity contribution in [2.75, 3.05) is 12.3 Å². The third-order valence-electron chi connectivity index (χ3n) is 3.54. The molecule has 1 aliphatic heterocycles. The fourth-order valence-corrected chi connectivity index (χ4v) is 2.71. The molecule has 0 radical (unpaired) electrons. The van der Waals surface area contributed by atoms with Gasteiger partial charge in [-0.15, -0.1) is 0 Å². The summed E-state index contributed by atoms with van der Waals surface area (Å²) in [6.07, 6.45) is 2.44. The van der Waals surface area contributed by atoms with Crippen LogP contribution in [0.3, 0.4) is 0 Å². The van der Waals surface area contributed by atoms with Gasteiger partial charge in [0.2, 0.25) is 0 Å². The van der Waals surface area contributed by atoms with Crippen LogP contribution in [-0.2, 0) is 13.0 Å². The number of rotatable bonds is 1. The first kappa shape index (κ1) is 13.1. The van der Waals surface area contributed by atoms with E-state index in [4.69, 9.17) is 5.73 Å². The van der Waals surface area contributed by atoms with E-state index in [0.717, 1.165) is 22.1 Å². The van der Waals surface area contributed by atoms with Gasteiger partial charge >= 0.3 is 0 Å². The Balaban J connectivity index is 1.83. The number of nitrogens with zero attached hydrogens (tertiary/aromatic N) is 2. The average Bonchev–Trinajstić information content (AvgIpc) is 2.47. The van der Waals surface area contributed by atoms with E-state index < -0.39 is 0 Å². The van der Waals surface area contributed by atoms with Crippen LogP contribution in [0.4, 0.5) is 5.69 Å². The second-order valence-corrected chi connectivity index (χ2v) is 5.74. The smallest absolute Gasteiger partial charge is 0.272 e. The van der Waals surface area contributed by atoms with Crippen LogP contribution in [0.5, 0.6) is 0 Å². The number of hydrogen-bond donors (Lipinski definition) is 1. The monoisotopic (exact) mass is 331 g/mol. The lowest BCUT2D eigenvalue weighted by Gasteiger charge is -2.29. The number of carbonyl (C=O) groups excluding carboxylic acids is 1. The van der Waals surface area contributed by atoms with Gasteiger partial charge in [-0.1, -0.05) is 12.1 Å². The van der Waals surface area contributed by atoms with Gasteiger partial charge in [-0.3, -0.25) is 4.79 Å². The van der Waals surface area contributed by atoms with Gasteiger partial charge in [0.25, 0.3) is 5.91 Å². The second-order valence-electron chi connectivity index (χ2n) is 4.82. The first-order valence-corrected chi connectivity index (χ1v) is 7.21. The minimum Gasteiger partial charge on any atom is -0.398 e. The molecule has 5 heteroatoms. The zero-order valence-corrected chi connectivity index (χ0v) is 12.4.